The van der Waals surface area contributed by atoms with E-state index in [9.17, 15) is 9.59 Å². The summed E-state index contributed by atoms with van der Waals surface area (Å²) in [6.07, 6.45) is 1.50. The number of anilines is 1. The number of rotatable bonds is 3. The first-order valence-corrected chi connectivity index (χ1v) is 8.40. The van der Waals surface area contributed by atoms with Gasteiger partial charge in [-0.1, -0.05) is 6.07 Å². The van der Waals surface area contributed by atoms with Crippen LogP contribution in [-0.4, -0.2) is 22.5 Å². The fourth-order valence-corrected chi connectivity index (χ4v) is 3.12. The summed E-state index contributed by atoms with van der Waals surface area (Å²) in [6.45, 7) is 5.95. The molecule has 2 aromatic rings. The van der Waals surface area contributed by atoms with E-state index in [2.05, 4.69) is 10.3 Å². The van der Waals surface area contributed by atoms with Crippen molar-refractivity contribution in [2.45, 2.75) is 39.0 Å². The number of pyridine rings is 1. The van der Waals surface area contributed by atoms with Gasteiger partial charge in [0.2, 0.25) is 5.88 Å². The van der Waals surface area contributed by atoms with Crippen LogP contribution in [0.4, 0.5) is 10.5 Å². The quantitative estimate of drug-likeness (QED) is 0.857. The van der Waals surface area contributed by atoms with Gasteiger partial charge in [0.15, 0.2) is 0 Å². The first kappa shape index (κ1) is 16.5. The molecule has 1 unspecified atom stereocenters. The number of imide groups is 1. The molecule has 0 spiro atoms. The lowest BCUT2D eigenvalue weighted by atomic mass is 10.1. The number of nitrogens with one attached hydrogen (secondary N) is 1. The van der Waals surface area contributed by atoms with Gasteiger partial charge in [-0.3, -0.25) is 4.79 Å². The maximum atomic E-state index is 12.3. The third kappa shape index (κ3) is 2.70. The molecule has 26 heavy (non-hydrogen) atoms. The molecule has 0 saturated carbocycles. The van der Waals surface area contributed by atoms with E-state index in [1.807, 2.05) is 25.1 Å². The van der Waals surface area contributed by atoms with Crippen LogP contribution in [0.1, 0.15) is 38.0 Å². The van der Waals surface area contributed by atoms with E-state index in [-0.39, 0.29) is 12.0 Å². The number of benzene rings is 1. The number of hydrogen-bond acceptors (Lipinski definition) is 5. The van der Waals surface area contributed by atoms with Crippen molar-refractivity contribution >= 4 is 17.6 Å². The van der Waals surface area contributed by atoms with Crippen molar-refractivity contribution in [3.63, 3.8) is 0 Å². The van der Waals surface area contributed by atoms with Crippen LogP contribution < -0.4 is 15.0 Å². The molecule has 3 heterocycles. The molecule has 1 atom stereocenters. The molecule has 7 nitrogen and oxygen atoms in total. The second-order valence-electron chi connectivity index (χ2n) is 6.97. The van der Waals surface area contributed by atoms with Gasteiger partial charge in [0.1, 0.15) is 11.3 Å². The Morgan fingerprint density at radius 1 is 1.27 bits per heavy atom. The van der Waals surface area contributed by atoms with Gasteiger partial charge < -0.3 is 14.8 Å². The summed E-state index contributed by atoms with van der Waals surface area (Å²) in [4.78, 5) is 29.7. The molecule has 0 aliphatic carbocycles. The Balaban J connectivity index is 1.53. The van der Waals surface area contributed by atoms with Gasteiger partial charge in [-0.25, -0.2) is 14.7 Å². The van der Waals surface area contributed by atoms with E-state index in [1.165, 1.54) is 6.20 Å². The van der Waals surface area contributed by atoms with E-state index in [0.717, 1.165) is 16.0 Å². The number of carbonyl (C=O) groups excluding carboxylic acids is 2. The average Bonchev–Trinajstić information content (AvgIpc) is 3.06. The maximum absolute atomic E-state index is 12.3. The predicted octanol–water partition coefficient (Wildman–Crippen LogP) is 3.30. The Morgan fingerprint density at radius 3 is 2.73 bits per heavy atom. The largest absolute Gasteiger partial charge is 0.439 e. The normalized spacial score (nSPS) is 20.9. The lowest BCUT2D eigenvalue weighted by Crippen LogP contribution is -2.40. The Kier molecular flexibility index (Phi) is 3.69. The predicted molar refractivity (Wildman–Crippen MR) is 94.1 cm³/mol. The molecule has 2 aliphatic rings. The van der Waals surface area contributed by atoms with Gasteiger partial charge in [0.25, 0.3) is 5.91 Å². The Hall–Kier alpha value is -2.93. The van der Waals surface area contributed by atoms with Crippen molar-refractivity contribution in [3.8, 4) is 11.6 Å². The van der Waals surface area contributed by atoms with Crippen LogP contribution in [0.2, 0.25) is 0 Å². The molecule has 1 N–H and O–H groups in total. The Morgan fingerprint density at radius 2 is 2.08 bits per heavy atom. The summed E-state index contributed by atoms with van der Waals surface area (Å²) in [5.41, 5.74) is 1.76. The van der Waals surface area contributed by atoms with Crippen LogP contribution in [0.25, 0.3) is 0 Å². The number of carbonyl (C=O) groups is 2. The monoisotopic (exact) mass is 353 g/mol. The number of urea groups is 1. The molecule has 1 aromatic heterocycles. The van der Waals surface area contributed by atoms with Gasteiger partial charge in [0.05, 0.1) is 24.6 Å². The molecule has 2 aliphatic heterocycles. The zero-order chi connectivity index (χ0) is 18.5. The number of amides is 3. The first-order chi connectivity index (χ1) is 12.3. The minimum atomic E-state index is -0.921. The standard InChI is InChI=1S/C19H19N3O4/c1-11-15-8-14(6-4-12(15)10-25-11)26-16-7-5-13(9-20-16)22-17(23)19(2,3)21-18(22)24/h4-9,11H,10H2,1-3H3,(H,21,24). The van der Waals surface area contributed by atoms with E-state index in [0.29, 0.717) is 23.9 Å². The van der Waals surface area contributed by atoms with E-state index in [1.54, 1.807) is 26.0 Å². The van der Waals surface area contributed by atoms with Crippen LogP contribution in [0.15, 0.2) is 36.5 Å². The van der Waals surface area contributed by atoms with Crippen LogP contribution in [0.5, 0.6) is 11.6 Å². The minimum Gasteiger partial charge on any atom is -0.439 e. The van der Waals surface area contributed by atoms with Gasteiger partial charge in [-0.15, -0.1) is 0 Å². The minimum absolute atomic E-state index is 0.0481. The molecule has 1 saturated heterocycles. The lowest BCUT2D eigenvalue weighted by molar-refractivity contribution is -0.121. The second kappa shape index (κ2) is 5.81. The molecule has 134 valence electrons. The summed E-state index contributed by atoms with van der Waals surface area (Å²) in [6, 6.07) is 8.62. The summed E-state index contributed by atoms with van der Waals surface area (Å²) in [5, 5.41) is 2.64. The number of aromatic nitrogens is 1. The second-order valence-corrected chi connectivity index (χ2v) is 6.97. The zero-order valence-corrected chi connectivity index (χ0v) is 14.8. The molecule has 0 radical (unpaired) electrons. The fraction of sp³-hybridized carbons (Fsp3) is 0.316. The van der Waals surface area contributed by atoms with Gasteiger partial charge in [-0.05, 0) is 50.1 Å². The molecular weight excluding hydrogens is 334 g/mol. The van der Waals surface area contributed by atoms with Crippen molar-refractivity contribution in [3.05, 3.63) is 47.7 Å². The molecule has 4 rings (SSSR count). The van der Waals surface area contributed by atoms with Crippen LogP contribution in [-0.2, 0) is 16.1 Å². The third-order valence-electron chi connectivity index (χ3n) is 4.61. The van der Waals surface area contributed by atoms with Crippen LogP contribution in [0, 0.1) is 0 Å². The molecular formula is C19H19N3O4. The SMILES string of the molecule is CC1OCc2ccc(Oc3ccc(N4C(=O)NC(C)(C)C4=O)cn3)cc21. The summed E-state index contributed by atoms with van der Waals surface area (Å²) < 4.78 is 11.4. The Bertz CT molecular complexity index is 892. The van der Waals surface area contributed by atoms with Crippen molar-refractivity contribution in [2.75, 3.05) is 4.90 Å². The van der Waals surface area contributed by atoms with Crippen molar-refractivity contribution in [1.82, 2.24) is 10.3 Å². The van der Waals surface area contributed by atoms with E-state index in [4.69, 9.17) is 9.47 Å². The lowest BCUT2D eigenvalue weighted by Gasteiger charge is -2.16. The van der Waals surface area contributed by atoms with Crippen molar-refractivity contribution in [1.29, 1.82) is 0 Å². The van der Waals surface area contributed by atoms with Crippen molar-refractivity contribution < 1.29 is 19.1 Å². The smallest absolute Gasteiger partial charge is 0.329 e. The highest BCUT2D eigenvalue weighted by molar-refractivity contribution is 6.22. The van der Waals surface area contributed by atoms with E-state index >= 15 is 0 Å². The molecule has 7 heteroatoms. The Labute approximate surface area is 150 Å². The van der Waals surface area contributed by atoms with Gasteiger partial charge in [0, 0.05) is 6.07 Å². The maximum Gasteiger partial charge on any atom is 0.329 e. The molecule has 1 aromatic carbocycles. The highest BCUT2D eigenvalue weighted by atomic mass is 16.5. The topological polar surface area (TPSA) is 80.8 Å². The number of nitrogens with zero attached hydrogens (tertiary/aromatic N) is 2. The summed E-state index contributed by atoms with van der Waals surface area (Å²) >= 11 is 0. The van der Waals surface area contributed by atoms with Crippen LogP contribution in [0.3, 0.4) is 0 Å². The highest BCUT2D eigenvalue weighted by Gasteiger charge is 2.45. The molecule has 3 amide bonds. The van der Waals surface area contributed by atoms with Gasteiger partial charge in [-0.2, -0.15) is 0 Å². The number of hydrogen-bond donors (Lipinski definition) is 1. The fourth-order valence-electron chi connectivity index (χ4n) is 3.12. The number of fused-ring (bicyclic) bond motifs is 1. The van der Waals surface area contributed by atoms with Gasteiger partial charge >= 0.3 is 6.03 Å². The third-order valence-corrected chi connectivity index (χ3v) is 4.61. The van der Waals surface area contributed by atoms with E-state index < -0.39 is 11.6 Å². The first-order valence-electron chi connectivity index (χ1n) is 8.40. The molecule has 1 fully saturated rings. The number of ether oxygens (including phenoxy) is 2. The average molecular weight is 353 g/mol. The zero-order valence-electron chi connectivity index (χ0n) is 14.8. The van der Waals surface area contributed by atoms with Crippen molar-refractivity contribution in [2.24, 2.45) is 0 Å². The summed E-state index contributed by atoms with van der Waals surface area (Å²) in [7, 11) is 0. The molecule has 0 bridgehead atoms. The van der Waals surface area contributed by atoms with Crippen LogP contribution >= 0.6 is 0 Å². The highest BCUT2D eigenvalue weighted by Crippen LogP contribution is 2.34. The summed E-state index contributed by atoms with van der Waals surface area (Å²) in [5.74, 6) is 0.731.